The molecule has 2 heteroatoms. The lowest BCUT2D eigenvalue weighted by atomic mass is 9.95. The zero-order chi connectivity index (χ0) is 40.6. The summed E-state index contributed by atoms with van der Waals surface area (Å²) in [5, 5.41) is 12.9. The van der Waals surface area contributed by atoms with E-state index in [4.69, 9.17) is 8.83 Å². The minimum absolute atomic E-state index is 0.757. The Hall–Kier alpha value is -7.94. The maximum Gasteiger partial charge on any atom is 0.178 e. The summed E-state index contributed by atoms with van der Waals surface area (Å²) >= 11 is 0. The Morgan fingerprint density at radius 3 is 1.41 bits per heavy atom. The number of fused-ring (bicyclic) bond motifs is 9. The first kappa shape index (κ1) is 35.0. The smallest absolute Gasteiger partial charge is 0.178 e. The molecule has 0 saturated carbocycles. The van der Waals surface area contributed by atoms with Gasteiger partial charge >= 0.3 is 0 Å². The molecule has 0 bridgehead atoms. The van der Waals surface area contributed by atoms with Gasteiger partial charge in [-0.15, -0.1) is 0 Å². The van der Waals surface area contributed by atoms with Crippen LogP contribution in [0.2, 0.25) is 0 Å². The van der Waals surface area contributed by atoms with E-state index in [0.29, 0.717) is 0 Å². The van der Waals surface area contributed by atoms with Crippen LogP contribution in [0.4, 0.5) is 0 Å². The van der Waals surface area contributed by atoms with E-state index in [1.54, 1.807) is 0 Å². The molecule has 2 heterocycles. The number of aryl methyl sites for hydroxylation is 1. The Bertz CT molecular complexity index is 3800. The highest BCUT2D eigenvalue weighted by molar-refractivity contribution is 6.16. The van der Waals surface area contributed by atoms with Crippen molar-refractivity contribution in [3.05, 3.63) is 218 Å². The molecule has 0 fully saturated rings. The normalized spacial score (nSPS) is 12.2. The zero-order valence-corrected chi connectivity index (χ0v) is 33.6. The van der Waals surface area contributed by atoms with E-state index in [1.807, 2.05) is 13.0 Å². The lowest BCUT2D eigenvalue weighted by molar-refractivity contribution is 0.568. The largest absolute Gasteiger partial charge is 0.457 e. The third kappa shape index (κ3) is 5.95. The number of allylic oxidation sites excluding steroid dienone is 2. The molecule has 2 aromatic heterocycles. The zero-order valence-electron chi connectivity index (χ0n) is 33.6. The molecule has 12 aromatic rings. The van der Waals surface area contributed by atoms with E-state index in [-0.39, 0.29) is 0 Å². The lowest BCUT2D eigenvalue weighted by Gasteiger charge is -2.09. The van der Waals surface area contributed by atoms with Crippen LogP contribution in [0, 0.1) is 6.92 Å². The Kier molecular flexibility index (Phi) is 7.95. The van der Waals surface area contributed by atoms with Gasteiger partial charge in [0.05, 0.1) is 0 Å². The van der Waals surface area contributed by atoms with Gasteiger partial charge < -0.3 is 8.83 Å². The van der Waals surface area contributed by atoms with Crippen molar-refractivity contribution in [1.82, 2.24) is 0 Å². The number of benzene rings is 10. The van der Waals surface area contributed by atoms with Crippen LogP contribution in [0.15, 0.2) is 210 Å². The van der Waals surface area contributed by atoms with Gasteiger partial charge in [0.15, 0.2) is 11.2 Å². The van der Waals surface area contributed by atoms with Crippen LogP contribution in [0.5, 0.6) is 0 Å². The van der Waals surface area contributed by atoms with Crippen molar-refractivity contribution in [3.63, 3.8) is 0 Å². The first-order chi connectivity index (χ1) is 30.0. The number of hydrogen-bond donors (Lipinski definition) is 0. The van der Waals surface area contributed by atoms with Crippen molar-refractivity contribution in [1.29, 1.82) is 0 Å². The SMILES string of the molecule is C=C/C(=C\c1c(C)oc2c1ccc1c3cc(-c4ccc5ccc(-c6ccc7ccccc7c6)cc5c4)ccc3oc12)c1ccc2ccc(-c3ccc4ccccc4c3)cc2c1. The molecule has 0 unspecified atom stereocenters. The van der Waals surface area contributed by atoms with Crippen molar-refractivity contribution in [2.45, 2.75) is 6.92 Å². The van der Waals surface area contributed by atoms with Gasteiger partial charge in [0, 0.05) is 21.7 Å². The molecule has 12 rings (SSSR count). The van der Waals surface area contributed by atoms with Gasteiger partial charge in [0.25, 0.3) is 0 Å². The molecule has 286 valence electrons. The van der Waals surface area contributed by atoms with Crippen LogP contribution < -0.4 is 0 Å². The van der Waals surface area contributed by atoms with E-state index in [1.165, 1.54) is 65.3 Å². The Morgan fingerprint density at radius 1 is 0.393 bits per heavy atom. The predicted molar refractivity (Wildman–Crippen MR) is 259 cm³/mol. The lowest BCUT2D eigenvalue weighted by Crippen LogP contribution is -1.85. The minimum atomic E-state index is 0.757. The predicted octanol–water partition coefficient (Wildman–Crippen LogP) is 17.0. The molecule has 0 amide bonds. The molecule has 0 aliphatic carbocycles. The van der Waals surface area contributed by atoms with Crippen LogP contribution in [-0.4, -0.2) is 0 Å². The number of hydrogen-bond acceptors (Lipinski definition) is 2. The number of furan rings is 2. The number of rotatable bonds is 6. The van der Waals surface area contributed by atoms with Crippen molar-refractivity contribution in [2.75, 3.05) is 0 Å². The van der Waals surface area contributed by atoms with Gasteiger partial charge in [0.2, 0.25) is 0 Å². The van der Waals surface area contributed by atoms with Gasteiger partial charge in [-0.1, -0.05) is 140 Å². The van der Waals surface area contributed by atoms with Gasteiger partial charge in [-0.3, -0.25) is 0 Å². The topological polar surface area (TPSA) is 26.3 Å². The summed E-state index contributed by atoms with van der Waals surface area (Å²) in [5.41, 5.74) is 12.6. The van der Waals surface area contributed by atoms with E-state index in [0.717, 1.165) is 66.5 Å². The second-order valence-electron chi connectivity index (χ2n) is 16.2. The van der Waals surface area contributed by atoms with Crippen molar-refractivity contribution < 1.29 is 8.83 Å². The minimum Gasteiger partial charge on any atom is -0.457 e. The van der Waals surface area contributed by atoms with E-state index in [2.05, 4.69) is 201 Å². The molecule has 0 saturated heterocycles. The van der Waals surface area contributed by atoms with Gasteiger partial charge in [-0.2, -0.15) is 0 Å². The molecule has 2 nitrogen and oxygen atoms in total. The molecule has 0 atom stereocenters. The fourth-order valence-electron chi connectivity index (χ4n) is 9.25. The highest BCUT2D eigenvalue weighted by Crippen LogP contribution is 2.41. The Balaban J connectivity index is 0.890. The van der Waals surface area contributed by atoms with Crippen molar-refractivity contribution in [3.8, 4) is 33.4 Å². The Labute approximate surface area is 352 Å². The second-order valence-corrected chi connectivity index (χ2v) is 16.2. The second kappa shape index (κ2) is 13.8. The molecule has 0 aliphatic heterocycles. The fourth-order valence-corrected chi connectivity index (χ4v) is 9.25. The van der Waals surface area contributed by atoms with Crippen molar-refractivity contribution in [2.24, 2.45) is 0 Å². The van der Waals surface area contributed by atoms with E-state index >= 15 is 0 Å². The first-order valence-corrected chi connectivity index (χ1v) is 20.8. The van der Waals surface area contributed by atoms with E-state index in [9.17, 15) is 0 Å². The van der Waals surface area contributed by atoms with Gasteiger partial charge in [-0.25, -0.2) is 0 Å². The van der Waals surface area contributed by atoms with Gasteiger partial charge in [0.1, 0.15) is 11.3 Å². The third-order valence-corrected chi connectivity index (χ3v) is 12.6. The van der Waals surface area contributed by atoms with Crippen LogP contribution in [0.1, 0.15) is 16.9 Å². The standard InChI is InChI=1S/C59H38O2/c1-3-37(44-18-14-40-15-21-47(31-51(40)30-44)45-19-12-38-8-4-6-10-42(38)28-45)34-55-36(2)60-58-53(55)25-26-54-56-35-50(24-27-57(56)61-59(54)58)49-23-17-41-16-22-48(32-52(41)33-49)46-20-13-39-9-5-7-11-43(39)29-46/h3-35H,1H2,2H3/b37-34+. The summed E-state index contributed by atoms with van der Waals surface area (Å²) in [6, 6.07) is 68.1. The quantitative estimate of drug-likeness (QED) is 0.157. The van der Waals surface area contributed by atoms with Crippen LogP contribution in [0.3, 0.4) is 0 Å². The molecule has 0 spiro atoms. The summed E-state index contributed by atoms with van der Waals surface area (Å²) in [6.45, 7) is 6.27. The first-order valence-electron chi connectivity index (χ1n) is 20.8. The molecule has 0 N–H and O–H groups in total. The maximum absolute atomic E-state index is 6.59. The van der Waals surface area contributed by atoms with Crippen LogP contribution >= 0.6 is 0 Å². The summed E-state index contributed by atoms with van der Waals surface area (Å²) in [5.74, 6) is 0.835. The Morgan fingerprint density at radius 2 is 0.836 bits per heavy atom. The highest BCUT2D eigenvalue weighted by atomic mass is 16.4. The molecular formula is C59H38O2. The molecule has 10 aromatic carbocycles. The molecular weight excluding hydrogens is 741 g/mol. The summed E-state index contributed by atoms with van der Waals surface area (Å²) < 4.78 is 13.1. The monoisotopic (exact) mass is 778 g/mol. The summed E-state index contributed by atoms with van der Waals surface area (Å²) in [7, 11) is 0. The van der Waals surface area contributed by atoms with Crippen LogP contribution in [0.25, 0.3) is 121 Å². The molecule has 0 aliphatic rings. The summed E-state index contributed by atoms with van der Waals surface area (Å²) in [6.07, 6.45) is 4.13. The van der Waals surface area contributed by atoms with Crippen molar-refractivity contribution >= 4 is 87.6 Å². The molecule has 0 radical (unpaired) electrons. The summed E-state index contributed by atoms with van der Waals surface area (Å²) in [4.78, 5) is 0. The fraction of sp³-hybridized carbons (Fsp3) is 0.0169. The van der Waals surface area contributed by atoms with E-state index < -0.39 is 0 Å². The van der Waals surface area contributed by atoms with Crippen LogP contribution in [-0.2, 0) is 0 Å². The van der Waals surface area contributed by atoms with Gasteiger partial charge in [-0.05, 0) is 161 Å². The highest BCUT2D eigenvalue weighted by Gasteiger charge is 2.18. The average molecular weight is 779 g/mol. The molecule has 61 heavy (non-hydrogen) atoms. The average Bonchev–Trinajstić information content (AvgIpc) is 3.85. The third-order valence-electron chi connectivity index (χ3n) is 12.6. The maximum atomic E-state index is 6.59.